The Hall–Kier alpha value is -2.57. The van der Waals surface area contributed by atoms with Crippen molar-refractivity contribution >= 4 is 18.0 Å². The van der Waals surface area contributed by atoms with Gasteiger partial charge in [-0.25, -0.2) is 9.59 Å². The average molecular weight is 334 g/mol. The third kappa shape index (κ3) is 4.47. The van der Waals surface area contributed by atoms with Gasteiger partial charge in [-0.1, -0.05) is 37.3 Å². The maximum atomic E-state index is 12.3. The molecule has 0 spiro atoms. The highest BCUT2D eigenvalue weighted by molar-refractivity contribution is 5.89. The fraction of sp³-hybridized carbons (Fsp3) is 0.471. The second-order valence-corrected chi connectivity index (χ2v) is 5.70. The molecule has 2 amide bonds. The zero-order valence-electron chi connectivity index (χ0n) is 13.6. The smallest absolute Gasteiger partial charge is 0.410 e. The van der Waals surface area contributed by atoms with Gasteiger partial charge in [0.25, 0.3) is 0 Å². The van der Waals surface area contributed by atoms with E-state index in [1.165, 1.54) is 4.90 Å². The first-order valence-electron chi connectivity index (χ1n) is 8.03. The summed E-state index contributed by atoms with van der Waals surface area (Å²) in [6.07, 6.45) is 0.914. The highest BCUT2D eigenvalue weighted by Crippen LogP contribution is 2.19. The van der Waals surface area contributed by atoms with Crippen molar-refractivity contribution in [2.45, 2.75) is 44.9 Å². The average Bonchev–Trinajstić information content (AvgIpc) is 3.08. The summed E-state index contributed by atoms with van der Waals surface area (Å²) in [4.78, 5) is 36.9. The Morgan fingerprint density at radius 1 is 1.33 bits per heavy atom. The van der Waals surface area contributed by atoms with Crippen LogP contribution in [-0.2, 0) is 20.9 Å². The normalized spacial score (nSPS) is 18.0. The van der Waals surface area contributed by atoms with Crippen molar-refractivity contribution in [1.29, 1.82) is 0 Å². The number of hydrogen-bond donors (Lipinski definition) is 2. The van der Waals surface area contributed by atoms with Gasteiger partial charge in [0, 0.05) is 6.54 Å². The van der Waals surface area contributed by atoms with E-state index in [1.54, 1.807) is 6.92 Å². The Kier molecular flexibility index (Phi) is 6.17. The van der Waals surface area contributed by atoms with Gasteiger partial charge in [0.15, 0.2) is 0 Å². The van der Waals surface area contributed by atoms with E-state index >= 15 is 0 Å². The molecule has 1 saturated heterocycles. The lowest BCUT2D eigenvalue weighted by Crippen LogP contribution is -2.50. The molecule has 7 heteroatoms. The van der Waals surface area contributed by atoms with Gasteiger partial charge in [0.05, 0.1) is 0 Å². The number of benzene rings is 1. The molecule has 1 fully saturated rings. The van der Waals surface area contributed by atoms with Crippen molar-refractivity contribution < 1.29 is 24.2 Å². The number of carbonyl (C=O) groups is 3. The largest absolute Gasteiger partial charge is 0.480 e. The molecule has 1 aromatic carbocycles. The number of nitrogens with zero attached hydrogens (tertiary/aromatic N) is 1. The summed E-state index contributed by atoms with van der Waals surface area (Å²) in [7, 11) is 0. The van der Waals surface area contributed by atoms with Crippen LogP contribution >= 0.6 is 0 Å². The number of aliphatic carboxylic acids is 1. The lowest BCUT2D eigenvalue weighted by Gasteiger charge is -2.24. The summed E-state index contributed by atoms with van der Waals surface area (Å²) < 4.78 is 5.26. The van der Waals surface area contributed by atoms with E-state index in [9.17, 15) is 14.4 Å². The molecule has 0 unspecified atom stereocenters. The van der Waals surface area contributed by atoms with E-state index in [2.05, 4.69) is 5.32 Å². The first kappa shape index (κ1) is 17.8. The monoisotopic (exact) mass is 334 g/mol. The summed E-state index contributed by atoms with van der Waals surface area (Å²) in [5.74, 6) is -1.53. The van der Waals surface area contributed by atoms with Crippen LogP contribution in [0.5, 0.6) is 0 Å². The number of carboxylic acid groups (broad SMARTS) is 1. The third-order valence-electron chi connectivity index (χ3n) is 4.02. The van der Waals surface area contributed by atoms with Crippen molar-refractivity contribution in [3.8, 4) is 0 Å². The number of amides is 2. The molecule has 0 saturated carbocycles. The van der Waals surface area contributed by atoms with E-state index in [-0.39, 0.29) is 13.0 Å². The van der Waals surface area contributed by atoms with Gasteiger partial charge in [-0.2, -0.15) is 0 Å². The molecule has 0 aromatic heterocycles. The topological polar surface area (TPSA) is 95.9 Å². The summed E-state index contributed by atoms with van der Waals surface area (Å²) in [6, 6.07) is 7.65. The predicted molar refractivity (Wildman–Crippen MR) is 86.2 cm³/mol. The van der Waals surface area contributed by atoms with Crippen LogP contribution in [0, 0.1) is 0 Å². The standard InChI is InChI=1S/C17H22N2O5/c1-2-13(16(21)22)18-15(20)14-9-6-10-19(14)17(23)24-11-12-7-4-3-5-8-12/h3-5,7-8,13-14H,2,6,9-11H2,1H3,(H,18,20)(H,21,22)/t13-,14+/m0/s1. The number of carboxylic acids is 1. The van der Waals surface area contributed by atoms with Crippen molar-refractivity contribution in [3.05, 3.63) is 35.9 Å². The summed E-state index contributed by atoms with van der Waals surface area (Å²) in [5.41, 5.74) is 0.864. The number of ether oxygens (including phenoxy) is 1. The Balaban J connectivity index is 1.92. The number of hydrogen-bond acceptors (Lipinski definition) is 4. The van der Waals surface area contributed by atoms with Crippen LogP contribution in [0.4, 0.5) is 4.79 Å². The van der Waals surface area contributed by atoms with E-state index in [1.807, 2.05) is 30.3 Å². The zero-order chi connectivity index (χ0) is 17.5. The van der Waals surface area contributed by atoms with Gasteiger partial charge in [-0.3, -0.25) is 9.69 Å². The van der Waals surface area contributed by atoms with E-state index in [0.29, 0.717) is 19.4 Å². The van der Waals surface area contributed by atoms with Gasteiger partial charge < -0.3 is 15.2 Å². The van der Waals surface area contributed by atoms with Crippen LogP contribution < -0.4 is 5.32 Å². The molecule has 2 N–H and O–H groups in total. The molecule has 1 heterocycles. The molecule has 1 aliphatic rings. The molecule has 24 heavy (non-hydrogen) atoms. The Morgan fingerprint density at radius 2 is 2.04 bits per heavy atom. The number of nitrogens with one attached hydrogen (secondary N) is 1. The van der Waals surface area contributed by atoms with Gasteiger partial charge in [-0.05, 0) is 24.8 Å². The lowest BCUT2D eigenvalue weighted by atomic mass is 10.1. The van der Waals surface area contributed by atoms with Gasteiger partial charge in [-0.15, -0.1) is 0 Å². The van der Waals surface area contributed by atoms with Gasteiger partial charge in [0.1, 0.15) is 18.7 Å². The van der Waals surface area contributed by atoms with Crippen LogP contribution in [0.25, 0.3) is 0 Å². The van der Waals surface area contributed by atoms with E-state index in [4.69, 9.17) is 9.84 Å². The van der Waals surface area contributed by atoms with Crippen LogP contribution in [0.15, 0.2) is 30.3 Å². The molecule has 130 valence electrons. The van der Waals surface area contributed by atoms with E-state index < -0.39 is 30.1 Å². The van der Waals surface area contributed by atoms with Crippen molar-refractivity contribution in [3.63, 3.8) is 0 Å². The molecular weight excluding hydrogens is 312 g/mol. The fourth-order valence-electron chi connectivity index (χ4n) is 2.67. The highest BCUT2D eigenvalue weighted by atomic mass is 16.6. The maximum Gasteiger partial charge on any atom is 0.410 e. The van der Waals surface area contributed by atoms with Crippen LogP contribution in [0.3, 0.4) is 0 Å². The molecule has 2 rings (SSSR count). The van der Waals surface area contributed by atoms with Gasteiger partial charge >= 0.3 is 12.1 Å². The SMILES string of the molecule is CC[C@H](NC(=O)[C@H]1CCCN1C(=O)OCc1ccccc1)C(=O)O. The summed E-state index contributed by atoms with van der Waals surface area (Å²) in [5, 5.41) is 11.5. The molecule has 1 aliphatic heterocycles. The molecule has 2 atom stereocenters. The van der Waals surface area contributed by atoms with Crippen LogP contribution in [-0.4, -0.2) is 46.6 Å². The molecular formula is C17H22N2O5. The molecule has 0 bridgehead atoms. The number of rotatable bonds is 6. The first-order valence-corrected chi connectivity index (χ1v) is 8.03. The predicted octanol–water partition coefficient (Wildman–Crippen LogP) is 1.77. The minimum Gasteiger partial charge on any atom is -0.480 e. The molecule has 0 radical (unpaired) electrons. The number of likely N-dealkylation sites (tertiary alicyclic amines) is 1. The van der Waals surface area contributed by atoms with Crippen LogP contribution in [0.2, 0.25) is 0 Å². The molecule has 0 aliphatic carbocycles. The summed E-state index contributed by atoms with van der Waals surface area (Å²) >= 11 is 0. The minimum absolute atomic E-state index is 0.136. The Morgan fingerprint density at radius 3 is 2.67 bits per heavy atom. The molecule has 1 aromatic rings. The van der Waals surface area contributed by atoms with E-state index in [0.717, 1.165) is 5.56 Å². The van der Waals surface area contributed by atoms with Crippen molar-refractivity contribution in [1.82, 2.24) is 10.2 Å². The molecule has 7 nitrogen and oxygen atoms in total. The first-order chi connectivity index (χ1) is 11.5. The third-order valence-corrected chi connectivity index (χ3v) is 4.02. The second-order valence-electron chi connectivity index (χ2n) is 5.70. The van der Waals surface area contributed by atoms with Gasteiger partial charge in [0.2, 0.25) is 5.91 Å². The van der Waals surface area contributed by atoms with Crippen LogP contribution in [0.1, 0.15) is 31.7 Å². The van der Waals surface area contributed by atoms with Crippen molar-refractivity contribution in [2.24, 2.45) is 0 Å². The highest BCUT2D eigenvalue weighted by Gasteiger charge is 2.36. The minimum atomic E-state index is -1.08. The zero-order valence-corrected chi connectivity index (χ0v) is 13.6. The fourth-order valence-corrected chi connectivity index (χ4v) is 2.67. The lowest BCUT2D eigenvalue weighted by molar-refractivity contribution is -0.142. The summed E-state index contributed by atoms with van der Waals surface area (Å²) in [6.45, 7) is 2.24. The quantitative estimate of drug-likeness (QED) is 0.826. The Bertz CT molecular complexity index is 590. The number of carbonyl (C=O) groups excluding carboxylic acids is 2. The van der Waals surface area contributed by atoms with Crippen molar-refractivity contribution in [2.75, 3.05) is 6.54 Å². The maximum absolute atomic E-state index is 12.3. The Labute approximate surface area is 140 Å². The second kappa shape index (κ2) is 8.33.